The molecule has 1 N–H and O–H groups in total. The van der Waals surface area contributed by atoms with E-state index in [-0.39, 0.29) is 0 Å². The molecule has 1 aromatic rings. The number of ether oxygens (including phenoxy) is 1. The lowest BCUT2D eigenvalue weighted by Crippen LogP contribution is -2.40. The van der Waals surface area contributed by atoms with Crippen LogP contribution in [0.2, 0.25) is 0 Å². The Balaban J connectivity index is 2.11. The van der Waals surface area contributed by atoms with Crippen LogP contribution in [0.3, 0.4) is 0 Å². The SMILES string of the molecule is COC(=O)C1CCCC1S(=O)(=O)N[C@H](C)c1ccco1. The number of carbonyl (C=O) groups excluding carboxylic acids is 1. The molecular weight excluding hydrogens is 282 g/mol. The van der Waals surface area contributed by atoms with Crippen LogP contribution in [0.15, 0.2) is 22.8 Å². The number of esters is 1. The van der Waals surface area contributed by atoms with Crippen LogP contribution >= 0.6 is 0 Å². The lowest BCUT2D eigenvalue weighted by molar-refractivity contribution is -0.145. The molecule has 2 rings (SSSR count). The number of rotatable bonds is 5. The molecule has 1 saturated carbocycles. The van der Waals surface area contributed by atoms with Gasteiger partial charge in [0.25, 0.3) is 0 Å². The average Bonchev–Trinajstić information content (AvgIpc) is 3.08. The lowest BCUT2D eigenvalue weighted by Gasteiger charge is -2.20. The third kappa shape index (κ3) is 3.04. The van der Waals surface area contributed by atoms with E-state index in [1.165, 1.54) is 13.4 Å². The molecule has 1 heterocycles. The molecule has 0 amide bonds. The summed E-state index contributed by atoms with van der Waals surface area (Å²) in [5.74, 6) is -0.494. The Kier molecular flexibility index (Phi) is 4.49. The normalized spacial score (nSPS) is 24.5. The largest absolute Gasteiger partial charge is 0.469 e. The van der Waals surface area contributed by atoms with Gasteiger partial charge in [0.15, 0.2) is 0 Å². The molecule has 1 aromatic heterocycles. The van der Waals surface area contributed by atoms with E-state index in [1.54, 1.807) is 19.1 Å². The van der Waals surface area contributed by atoms with Gasteiger partial charge in [-0.1, -0.05) is 6.42 Å². The number of hydrogen-bond donors (Lipinski definition) is 1. The van der Waals surface area contributed by atoms with Crippen molar-refractivity contribution in [3.8, 4) is 0 Å². The lowest BCUT2D eigenvalue weighted by atomic mass is 10.1. The van der Waals surface area contributed by atoms with Gasteiger partial charge in [-0.25, -0.2) is 13.1 Å². The van der Waals surface area contributed by atoms with Crippen LogP contribution in [0.4, 0.5) is 0 Å². The van der Waals surface area contributed by atoms with Gasteiger partial charge < -0.3 is 9.15 Å². The zero-order valence-corrected chi connectivity index (χ0v) is 12.4. The number of carbonyl (C=O) groups is 1. The summed E-state index contributed by atoms with van der Waals surface area (Å²) in [5.41, 5.74) is 0. The molecule has 0 spiro atoms. The van der Waals surface area contributed by atoms with Gasteiger partial charge in [-0.15, -0.1) is 0 Å². The highest BCUT2D eigenvalue weighted by molar-refractivity contribution is 7.90. The van der Waals surface area contributed by atoms with Crippen molar-refractivity contribution in [2.75, 3.05) is 7.11 Å². The van der Waals surface area contributed by atoms with Crippen LogP contribution in [-0.2, 0) is 19.6 Å². The molecule has 20 heavy (non-hydrogen) atoms. The Hall–Kier alpha value is -1.34. The average molecular weight is 301 g/mol. The van der Waals surface area contributed by atoms with Gasteiger partial charge in [-0.3, -0.25) is 4.79 Å². The Bertz CT molecular complexity index is 551. The maximum absolute atomic E-state index is 12.4. The molecule has 7 heteroatoms. The Morgan fingerprint density at radius 1 is 1.50 bits per heavy atom. The minimum Gasteiger partial charge on any atom is -0.469 e. The third-order valence-corrected chi connectivity index (χ3v) is 5.71. The number of sulfonamides is 1. The fourth-order valence-corrected chi connectivity index (χ4v) is 4.59. The molecule has 112 valence electrons. The number of methoxy groups -OCH3 is 1. The zero-order chi connectivity index (χ0) is 14.8. The van der Waals surface area contributed by atoms with Crippen molar-refractivity contribution in [2.45, 2.75) is 37.5 Å². The summed E-state index contributed by atoms with van der Waals surface area (Å²) in [6.45, 7) is 1.71. The summed E-state index contributed by atoms with van der Waals surface area (Å²) in [6, 6.07) is 2.95. The first kappa shape index (κ1) is 15.1. The smallest absolute Gasteiger partial charge is 0.310 e. The molecule has 0 aliphatic heterocycles. The van der Waals surface area contributed by atoms with E-state index in [9.17, 15) is 13.2 Å². The van der Waals surface area contributed by atoms with Crippen molar-refractivity contribution in [1.82, 2.24) is 4.72 Å². The molecule has 0 radical (unpaired) electrons. The summed E-state index contributed by atoms with van der Waals surface area (Å²) >= 11 is 0. The van der Waals surface area contributed by atoms with Crippen LogP contribution in [0.5, 0.6) is 0 Å². The minimum absolute atomic E-state index is 0.455. The molecule has 6 nitrogen and oxygen atoms in total. The first-order valence-electron chi connectivity index (χ1n) is 6.58. The van der Waals surface area contributed by atoms with E-state index in [0.29, 0.717) is 25.0 Å². The summed E-state index contributed by atoms with van der Waals surface area (Å²) in [6.07, 6.45) is 3.22. The summed E-state index contributed by atoms with van der Waals surface area (Å²) in [5, 5.41) is -0.729. The second-order valence-corrected chi connectivity index (χ2v) is 6.93. The Morgan fingerprint density at radius 2 is 2.25 bits per heavy atom. The van der Waals surface area contributed by atoms with E-state index in [0.717, 1.165) is 0 Å². The zero-order valence-electron chi connectivity index (χ0n) is 11.5. The van der Waals surface area contributed by atoms with E-state index < -0.39 is 33.2 Å². The summed E-state index contributed by atoms with van der Waals surface area (Å²) in [4.78, 5) is 11.7. The highest BCUT2D eigenvalue weighted by Crippen LogP contribution is 2.32. The number of hydrogen-bond acceptors (Lipinski definition) is 5. The van der Waals surface area contributed by atoms with Crippen molar-refractivity contribution in [3.63, 3.8) is 0 Å². The van der Waals surface area contributed by atoms with Crippen LogP contribution in [0, 0.1) is 5.92 Å². The van der Waals surface area contributed by atoms with Crippen LogP contribution in [0.25, 0.3) is 0 Å². The minimum atomic E-state index is -3.60. The number of furan rings is 1. The monoisotopic (exact) mass is 301 g/mol. The first-order valence-corrected chi connectivity index (χ1v) is 8.12. The molecule has 2 unspecified atom stereocenters. The second-order valence-electron chi connectivity index (χ2n) is 5.00. The van der Waals surface area contributed by atoms with Crippen molar-refractivity contribution >= 4 is 16.0 Å². The summed E-state index contributed by atoms with van der Waals surface area (Å²) < 4.78 is 37.3. The topological polar surface area (TPSA) is 85.6 Å². The molecule has 0 aromatic carbocycles. The fourth-order valence-electron chi connectivity index (χ4n) is 2.65. The van der Waals surface area contributed by atoms with Crippen LogP contribution in [0.1, 0.15) is 38.0 Å². The van der Waals surface area contributed by atoms with Gasteiger partial charge in [-0.05, 0) is 31.9 Å². The highest BCUT2D eigenvalue weighted by atomic mass is 32.2. The maximum Gasteiger partial charge on any atom is 0.310 e. The van der Waals surface area contributed by atoms with Gasteiger partial charge >= 0.3 is 5.97 Å². The van der Waals surface area contributed by atoms with E-state index in [2.05, 4.69) is 9.46 Å². The third-order valence-electron chi connectivity index (χ3n) is 3.67. The Morgan fingerprint density at radius 3 is 2.85 bits per heavy atom. The first-order chi connectivity index (χ1) is 9.45. The maximum atomic E-state index is 12.4. The van der Waals surface area contributed by atoms with Gasteiger partial charge in [0.2, 0.25) is 10.0 Å². The molecule has 1 aliphatic rings. The summed E-state index contributed by atoms with van der Waals surface area (Å²) in [7, 11) is -2.32. The van der Waals surface area contributed by atoms with Gasteiger partial charge in [0.1, 0.15) is 5.76 Å². The quantitative estimate of drug-likeness (QED) is 0.835. The van der Waals surface area contributed by atoms with E-state index in [4.69, 9.17) is 4.42 Å². The highest BCUT2D eigenvalue weighted by Gasteiger charge is 2.42. The van der Waals surface area contributed by atoms with Crippen molar-refractivity contribution in [1.29, 1.82) is 0 Å². The van der Waals surface area contributed by atoms with Crippen LogP contribution < -0.4 is 4.72 Å². The van der Waals surface area contributed by atoms with Crippen LogP contribution in [-0.4, -0.2) is 26.7 Å². The Labute approximate surface area is 118 Å². The molecule has 1 aliphatic carbocycles. The molecule has 0 bridgehead atoms. The standard InChI is InChI=1S/C13H19NO5S/c1-9(11-6-4-8-19-11)14-20(16,17)12-7-3-5-10(12)13(15)18-2/h4,6,8-10,12,14H,3,5,7H2,1-2H3/t9-,10?,12?/m1/s1. The predicted octanol–water partition coefficient (Wildman–Crippen LogP) is 1.60. The fraction of sp³-hybridized carbons (Fsp3) is 0.615. The van der Waals surface area contributed by atoms with Crippen molar-refractivity contribution < 1.29 is 22.4 Å². The molecule has 0 saturated heterocycles. The van der Waals surface area contributed by atoms with Crippen molar-refractivity contribution in [3.05, 3.63) is 24.2 Å². The van der Waals surface area contributed by atoms with Gasteiger partial charge in [0.05, 0.1) is 30.6 Å². The molecule has 3 atom stereocenters. The second kappa shape index (κ2) is 5.97. The number of nitrogens with one attached hydrogen (secondary N) is 1. The van der Waals surface area contributed by atoms with Gasteiger partial charge in [0, 0.05) is 0 Å². The van der Waals surface area contributed by atoms with E-state index >= 15 is 0 Å². The van der Waals surface area contributed by atoms with E-state index in [1.807, 2.05) is 0 Å². The molecule has 1 fully saturated rings. The predicted molar refractivity (Wildman–Crippen MR) is 72.3 cm³/mol. The van der Waals surface area contributed by atoms with Crippen molar-refractivity contribution in [2.24, 2.45) is 5.92 Å². The molecular formula is C13H19NO5S. The van der Waals surface area contributed by atoms with Gasteiger partial charge in [-0.2, -0.15) is 0 Å².